The van der Waals surface area contributed by atoms with Crippen molar-refractivity contribution >= 4 is 45.2 Å². The number of aromatic nitrogens is 2. The molecule has 0 fully saturated rings. The van der Waals surface area contributed by atoms with Crippen LogP contribution in [0.2, 0.25) is 0 Å². The fourth-order valence-corrected chi connectivity index (χ4v) is 2.70. The van der Waals surface area contributed by atoms with E-state index in [1.807, 2.05) is 6.92 Å². The number of alkyl halides is 1. The molecule has 0 N–H and O–H groups in total. The van der Waals surface area contributed by atoms with Gasteiger partial charge in [-0.05, 0) is 47.7 Å². The van der Waals surface area contributed by atoms with Crippen molar-refractivity contribution in [3.05, 3.63) is 27.6 Å². The third-order valence-corrected chi connectivity index (χ3v) is 3.85. The molecular weight excluding hydrogens is 391 g/mol. The van der Waals surface area contributed by atoms with Gasteiger partial charge in [-0.15, -0.1) is 11.6 Å². The first-order valence-corrected chi connectivity index (χ1v) is 8.01. The zero-order valence-electron chi connectivity index (χ0n) is 11.6. The summed E-state index contributed by atoms with van der Waals surface area (Å²) in [4.78, 5) is 4.63. The second-order valence-corrected chi connectivity index (χ2v) is 6.38. The summed E-state index contributed by atoms with van der Waals surface area (Å²) in [6.07, 6.45) is 0. The molecule has 6 heteroatoms. The molecule has 110 valence electrons. The molecule has 0 radical (unpaired) electrons. The highest BCUT2D eigenvalue weighted by molar-refractivity contribution is 14.1. The summed E-state index contributed by atoms with van der Waals surface area (Å²) in [5, 5.41) is -0.126. The second-order valence-electron chi connectivity index (χ2n) is 4.48. The maximum atomic E-state index is 6.24. The van der Waals surface area contributed by atoms with Gasteiger partial charge < -0.3 is 14.0 Å². The van der Waals surface area contributed by atoms with Crippen LogP contribution < -0.4 is 0 Å². The van der Waals surface area contributed by atoms with E-state index in [9.17, 15) is 0 Å². The molecule has 0 saturated carbocycles. The van der Waals surface area contributed by atoms with E-state index in [1.54, 1.807) is 7.11 Å². The Morgan fingerprint density at radius 2 is 2.15 bits per heavy atom. The van der Waals surface area contributed by atoms with E-state index < -0.39 is 0 Å². The maximum absolute atomic E-state index is 6.24. The highest BCUT2D eigenvalue weighted by Gasteiger charge is 2.14. The lowest BCUT2D eigenvalue weighted by Crippen LogP contribution is -2.12. The normalized spacial score (nSPS) is 13.0. The van der Waals surface area contributed by atoms with Crippen LogP contribution in [-0.4, -0.2) is 36.5 Å². The third-order valence-electron chi connectivity index (χ3n) is 2.99. The van der Waals surface area contributed by atoms with Gasteiger partial charge in [-0.3, -0.25) is 0 Å². The van der Waals surface area contributed by atoms with Crippen molar-refractivity contribution in [2.24, 2.45) is 0 Å². The number of rotatable bonds is 7. The predicted molar refractivity (Wildman–Crippen MR) is 89.4 cm³/mol. The van der Waals surface area contributed by atoms with Gasteiger partial charge in [0, 0.05) is 17.2 Å². The number of ether oxygens (including phenoxy) is 2. The van der Waals surface area contributed by atoms with Crippen LogP contribution in [-0.2, 0) is 16.0 Å². The quantitative estimate of drug-likeness (QED) is 0.399. The van der Waals surface area contributed by atoms with Gasteiger partial charge in [0.2, 0.25) is 0 Å². The van der Waals surface area contributed by atoms with Crippen LogP contribution in [0.5, 0.6) is 0 Å². The lowest BCUT2D eigenvalue weighted by Gasteiger charge is -2.11. The number of nitrogens with zero attached hydrogens (tertiary/aromatic N) is 2. The van der Waals surface area contributed by atoms with Gasteiger partial charge in [-0.1, -0.05) is 0 Å². The molecule has 0 aliphatic rings. The van der Waals surface area contributed by atoms with Gasteiger partial charge in [0.15, 0.2) is 0 Å². The molecule has 1 aromatic carbocycles. The minimum atomic E-state index is -0.126. The summed E-state index contributed by atoms with van der Waals surface area (Å²) in [6, 6.07) is 6.23. The molecule has 1 aromatic heterocycles. The molecule has 2 rings (SSSR count). The number of imidazole rings is 1. The van der Waals surface area contributed by atoms with E-state index in [0.29, 0.717) is 19.8 Å². The van der Waals surface area contributed by atoms with E-state index in [1.165, 1.54) is 3.57 Å². The smallest absolute Gasteiger partial charge is 0.127 e. The van der Waals surface area contributed by atoms with Crippen LogP contribution in [0.1, 0.15) is 18.1 Å². The van der Waals surface area contributed by atoms with Crippen molar-refractivity contribution in [3.63, 3.8) is 0 Å². The average Bonchev–Trinajstić information content (AvgIpc) is 2.76. The molecule has 1 unspecified atom stereocenters. The number of methoxy groups -OCH3 is 1. The Balaban J connectivity index is 2.18. The van der Waals surface area contributed by atoms with Crippen molar-refractivity contribution in [2.45, 2.75) is 18.8 Å². The lowest BCUT2D eigenvalue weighted by atomic mass is 10.3. The van der Waals surface area contributed by atoms with Gasteiger partial charge >= 0.3 is 0 Å². The first-order chi connectivity index (χ1) is 9.63. The predicted octanol–water partition coefficient (Wildman–Crippen LogP) is 3.60. The Morgan fingerprint density at radius 1 is 1.35 bits per heavy atom. The molecule has 1 heterocycles. The van der Waals surface area contributed by atoms with Crippen LogP contribution in [0.4, 0.5) is 0 Å². The molecule has 0 aliphatic heterocycles. The van der Waals surface area contributed by atoms with Crippen LogP contribution in [0.3, 0.4) is 0 Å². The fourth-order valence-electron chi connectivity index (χ4n) is 2.06. The Hall–Kier alpha value is -0.370. The Kier molecular flexibility index (Phi) is 6.07. The number of benzene rings is 1. The number of hydrogen-bond donors (Lipinski definition) is 0. The molecule has 0 amide bonds. The van der Waals surface area contributed by atoms with Crippen molar-refractivity contribution in [2.75, 3.05) is 26.9 Å². The summed E-state index contributed by atoms with van der Waals surface area (Å²) < 4.78 is 13.8. The number of halogens is 2. The monoisotopic (exact) mass is 408 g/mol. The van der Waals surface area contributed by atoms with Gasteiger partial charge in [0.05, 0.1) is 36.2 Å². The van der Waals surface area contributed by atoms with E-state index >= 15 is 0 Å². The second kappa shape index (κ2) is 7.59. The van der Waals surface area contributed by atoms with E-state index in [0.717, 1.165) is 23.4 Å². The zero-order valence-corrected chi connectivity index (χ0v) is 14.5. The Bertz CT molecular complexity index is 572. The first-order valence-electron chi connectivity index (χ1n) is 6.50. The SMILES string of the molecule is COCCOCCn1c(C(C)Cl)nc2cc(I)ccc21. The summed E-state index contributed by atoms with van der Waals surface area (Å²) in [7, 11) is 1.67. The first kappa shape index (κ1) is 16.0. The van der Waals surface area contributed by atoms with Crippen LogP contribution in [0.25, 0.3) is 11.0 Å². The Labute approximate surface area is 137 Å². The minimum absolute atomic E-state index is 0.126. The van der Waals surface area contributed by atoms with E-state index in [4.69, 9.17) is 21.1 Å². The van der Waals surface area contributed by atoms with Crippen LogP contribution in [0, 0.1) is 3.57 Å². The van der Waals surface area contributed by atoms with E-state index in [2.05, 4.69) is 50.3 Å². The van der Waals surface area contributed by atoms with Crippen molar-refractivity contribution in [1.29, 1.82) is 0 Å². The molecule has 0 saturated heterocycles. The van der Waals surface area contributed by atoms with Crippen molar-refractivity contribution in [3.8, 4) is 0 Å². The summed E-state index contributed by atoms with van der Waals surface area (Å²) in [5.74, 6) is 0.888. The summed E-state index contributed by atoms with van der Waals surface area (Å²) in [6.45, 7) is 4.52. The topological polar surface area (TPSA) is 36.3 Å². The fraction of sp³-hybridized carbons (Fsp3) is 0.500. The van der Waals surface area contributed by atoms with Gasteiger partial charge in [0.1, 0.15) is 5.82 Å². The van der Waals surface area contributed by atoms with Gasteiger partial charge in [0.25, 0.3) is 0 Å². The molecular formula is C14H18ClIN2O2. The van der Waals surface area contributed by atoms with Crippen molar-refractivity contribution in [1.82, 2.24) is 9.55 Å². The van der Waals surface area contributed by atoms with Crippen LogP contribution in [0.15, 0.2) is 18.2 Å². The third kappa shape index (κ3) is 3.84. The zero-order chi connectivity index (χ0) is 14.5. The number of hydrogen-bond acceptors (Lipinski definition) is 3. The maximum Gasteiger partial charge on any atom is 0.127 e. The highest BCUT2D eigenvalue weighted by Crippen LogP contribution is 2.25. The molecule has 0 bridgehead atoms. The lowest BCUT2D eigenvalue weighted by molar-refractivity contribution is 0.0667. The summed E-state index contributed by atoms with van der Waals surface area (Å²) in [5.41, 5.74) is 2.08. The van der Waals surface area contributed by atoms with Gasteiger partial charge in [-0.25, -0.2) is 4.98 Å². The largest absolute Gasteiger partial charge is 0.382 e. The molecule has 20 heavy (non-hydrogen) atoms. The average molecular weight is 409 g/mol. The van der Waals surface area contributed by atoms with Gasteiger partial charge in [-0.2, -0.15) is 0 Å². The summed E-state index contributed by atoms with van der Waals surface area (Å²) >= 11 is 8.53. The molecule has 2 aromatic rings. The van der Waals surface area contributed by atoms with Crippen LogP contribution >= 0.6 is 34.2 Å². The molecule has 0 spiro atoms. The number of fused-ring (bicyclic) bond motifs is 1. The van der Waals surface area contributed by atoms with Crippen molar-refractivity contribution < 1.29 is 9.47 Å². The van der Waals surface area contributed by atoms with E-state index in [-0.39, 0.29) is 5.38 Å². The Morgan fingerprint density at radius 3 is 2.85 bits per heavy atom. The highest BCUT2D eigenvalue weighted by atomic mass is 127. The molecule has 0 aliphatic carbocycles. The standard InChI is InChI=1S/C14H18ClIN2O2/c1-10(15)14-17-12-9-11(16)3-4-13(12)18(14)5-6-20-8-7-19-2/h3-4,9-10H,5-8H2,1-2H3. The molecule has 1 atom stereocenters. The minimum Gasteiger partial charge on any atom is -0.382 e. The molecule has 4 nitrogen and oxygen atoms in total.